The van der Waals surface area contributed by atoms with E-state index in [0.29, 0.717) is 13.2 Å². The first-order valence-corrected chi connectivity index (χ1v) is 13.9. The van der Waals surface area contributed by atoms with Gasteiger partial charge in [0, 0.05) is 6.54 Å². The molecule has 0 fully saturated rings. The van der Waals surface area contributed by atoms with Crippen LogP contribution in [-0.2, 0) is 14.3 Å². The number of nitrogens with zero attached hydrogens (tertiary/aromatic N) is 1. The third-order valence-electron chi connectivity index (χ3n) is 5.50. The highest BCUT2D eigenvalue weighted by molar-refractivity contribution is 8.00. The van der Waals surface area contributed by atoms with Crippen molar-refractivity contribution in [3.05, 3.63) is 46.9 Å². The molecular formula is C28H43NO5S. The number of benzene rings is 1. The Hall–Kier alpha value is -2.12. The van der Waals surface area contributed by atoms with Gasteiger partial charge >= 0.3 is 11.9 Å². The van der Waals surface area contributed by atoms with Gasteiger partial charge in [-0.15, -0.1) is 0 Å². The van der Waals surface area contributed by atoms with E-state index < -0.39 is 11.9 Å². The quantitative estimate of drug-likeness (QED) is 0.104. The Kier molecular flexibility index (Phi) is 17.8. The molecule has 1 unspecified atom stereocenters. The zero-order valence-electron chi connectivity index (χ0n) is 21.7. The predicted molar refractivity (Wildman–Crippen MR) is 143 cm³/mol. The minimum absolute atomic E-state index is 0.0191. The highest BCUT2D eigenvalue weighted by atomic mass is 32.2. The summed E-state index contributed by atoms with van der Waals surface area (Å²) in [5, 5.41) is 2.01. The normalized spacial score (nSPS) is 14.8. The van der Waals surface area contributed by atoms with Gasteiger partial charge in [-0.3, -0.25) is 0 Å². The highest BCUT2D eigenvalue weighted by Crippen LogP contribution is 2.23. The molecule has 0 aliphatic carbocycles. The van der Waals surface area contributed by atoms with Gasteiger partial charge in [0.15, 0.2) is 0 Å². The molecule has 6 nitrogen and oxygen atoms in total. The summed E-state index contributed by atoms with van der Waals surface area (Å²) in [6, 6.07) is 6.61. The van der Waals surface area contributed by atoms with E-state index in [1.165, 1.54) is 38.5 Å². The van der Waals surface area contributed by atoms with E-state index in [-0.39, 0.29) is 17.2 Å². The molecule has 0 radical (unpaired) electrons. The summed E-state index contributed by atoms with van der Waals surface area (Å²) in [7, 11) is 0. The summed E-state index contributed by atoms with van der Waals surface area (Å²) >= 11 is 1.66. The highest BCUT2D eigenvalue weighted by Gasteiger charge is 2.19. The summed E-state index contributed by atoms with van der Waals surface area (Å²) < 4.78 is 12.4. The summed E-state index contributed by atoms with van der Waals surface area (Å²) in [4.78, 5) is 34.6. The molecule has 1 aromatic rings. The Morgan fingerprint density at radius 1 is 0.829 bits per heavy atom. The minimum Gasteiger partial charge on any atom is -0.462 e. The van der Waals surface area contributed by atoms with Gasteiger partial charge in [-0.25, -0.2) is 13.9 Å². The molecule has 196 valence electrons. The van der Waals surface area contributed by atoms with Crippen LogP contribution in [0.15, 0.2) is 35.7 Å². The van der Waals surface area contributed by atoms with Gasteiger partial charge in [0.05, 0.1) is 30.4 Å². The Morgan fingerprint density at radius 3 is 1.86 bits per heavy atom. The minimum atomic E-state index is -0.471. The van der Waals surface area contributed by atoms with Gasteiger partial charge in [-0.1, -0.05) is 83.9 Å². The van der Waals surface area contributed by atoms with Crippen molar-refractivity contribution in [2.45, 2.75) is 91.0 Å². The SMILES string of the molecule is CCCCCCCCN1SC=CC1C=O.CCCCOC(=O)c1ccccc1C(=O)OCCCC. The van der Waals surface area contributed by atoms with E-state index in [1.807, 2.05) is 25.3 Å². The number of esters is 2. The van der Waals surface area contributed by atoms with Crippen LogP contribution < -0.4 is 0 Å². The van der Waals surface area contributed by atoms with Crippen LogP contribution in [0.5, 0.6) is 0 Å². The molecule has 2 rings (SSSR count). The molecule has 1 atom stereocenters. The van der Waals surface area contributed by atoms with Gasteiger partial charge in [-0.05, 0) is 48.8 Å². The van der Waals surface area contributed by atoms with Crippen molar-refractivity contribution < 1.29 is 23.9 Å². The van der Waals surface area contributed by atoms with Crippen molar-refractivity contribution in [3.8, 4) is 0 Å². The maximum absolute atomic E-state index is 11.9. The fourth-order valence-corrected chi connectivity index (χ4v) is 4.22. The number of rotatable bonds is 16. The lowest BCUT2D eigenvalue weighted by Gasteiger charge is -2.17. The van der Waals surface area contributed by atoms with Crippen LogP contribution in [0.3, 0.4) is 0 Å². The van der Waals surface area contributed by atoms with Crippen molar-refractivity contribution in [2.75, 3.05) is 19.8 Å². The summed E-state index contributed by atoms with van der Waals surface area (Å²) in [6.07, 6.45) is 14.4. The standard InChI is InChI=1S/C16H22O4.C12H21NOS/c1-3-5-11-19-15(17)13-9-7-8-10-14(13)16(18)20-12-6-4-2;1-2-3-4-5-6-7-9-13-12(11-14)8-10-15-13/h7-10H,3-6,11-12H2,1-2H3;8,10-12H,2-7,9H2,1H3. The molecule has 0 saturated heterocycles. The van der Waals surface area contributed by atoms with E-state index in [1.54, 1.807) is 36.2 Å². The van der Waals surface area contributed by atoms with Crippen molar-refractivity contribution in [1.82, 2.24) is 4.31 Å². The first-order valence-electron chi connectivity index (χ1n) is 13.1. The van der Waals surface area contributed by atoms with Gasteiger partial charge in [0.1, 0.15) is 6.29 Å². The monoisotopic (exact) mass is 505 g/mol. The molecule has 1 aliphatic heterocycles. The van der Waals surface area contributed by atoms with Crippen molar-refractivity contribution in [1.29, 1.82) is 0 Å². The summed E-state index contributed by atoms with van der Waals surface area (Å²) in [5.41, 5.74) is 0.537. The number of hydrogen-bond donors (Lipinski definition) is 0. The fraction of sp³-hybridized carbons (Fsp3) is 0.607. The lowest BCUT2D eigenvalue weighted by molar-refractivity contribution is -0.109. The molecule has 1 heterocycles. The van der Waals surface area contributed by atoms with Gasteiger partial charge in [0.25, 0.3) is 0 Å². The van der Waals surface area contributed by atoms with Gasteiger partial charge in [0.2, 0.25) is 0 Å². The second kappa shape index (κ2) is 20.1. The number of hydrogen-bond acceptors (Lipinski definition) is 7. The van der Waals surface area contributed by atoms with E-state index >= 15 is 0 Å². The average Bonchev–Trinajstić information content (AvgIpc) is 3.34. The molecule has 0 N–H and O–H groups in total. The zero-order chi connectivity index (χ0) is 25.7. The third kappa shape index (κ3) is 13.0. The fourth-order valence-electron chi connectivity index (χ4n) is 3.34. The number of ether oxygens (including phenoxy) is 2. The van der Waals surface area contributed by atoms with Gasteiger partial charge in [-0.2, -0.15) is 0 Å². The van der Waals surface area contributed by atoms with Gasteiger partial charge < -0.3 is 14.3 Å². The number of carbonyl (C=O) groups excluding carboxylic acids is 3. The van der Waals surface area contributed by atoms with Crippen LogP contribution in [0.4, 0.5) is 0 Å². The molecule has 7 heteroatoms. The number of unbranched alkanes of at least 4 members (excludes halogenated alkanes) is 7. The largest absolute Gasteiger partial charge is 0.462 e. The van der Waals surface area contributed by atoms with Crippen LogP contribution in [0.25, 0.3) is 0 Å². The molecule has 35 heavy (non-hydrogen) atoms. The van der Waals surface area contributed by atoms with Crippen molar-refractivity contribution in [3.63, 3.8) is 0 Å². The van der Waals surface area contributed by atoms with E-state index in [0.717, 1.165) is 38.5 Å². The first kappa shape index (κ1) is 30.9. The lowest BCUT2D eigenvalue weighted by atomic mass is 10.1. The maximum Gasteiger partial charge on any atom is 0.339 e. The molecule has 1 aliphatic rings. The molecule has 0 aromatic heterocycles. The van der Waals surface area contributed by atoms with Crippen molar-refractivity contribution >= 4 is 30.2 Å². The maximum atomic E-state index is 11.9. The zero-order valence-corrected chi connectivity index (χ0v) is 22.5. The van der Waals surface area contributed by atoms with E-state index in [4.69, 9.17) is 9.47 Å². The second-order valence-corrected chi connectivity index (χ2v) is 9.45. The molecule has 0 bridgehead atoms. The predicted octanol–water partition coefficient (Wildman–Crippen LogP) is 6.99. The second-order valence-electron chi connectivity index (χ2n) is 8.49. The number of carbonyl (C=O) groups is 3. The van der Waals surface area contributed by atoms with E-state index in [9.17, 15) is 14.4 Å². The van der Waals surface area contributed by atoms with Crippen LogP contribution in [-0.4, -0.2) is 48.3 Å². The Morgan fingerprint density at radius 2 is 1.34 bits per heavy atom. The molecule has 0 spiro atoms. The van der Waals surface area contributed by atoms with Crippen LogP contribution in [0.2, 0.25) is 0 Å². The Balaban J connectivity index is 0.000000365. The van der Waals surface area contributed by atoms with Crippen LogP contribution >= 0.6 is 11.9 Å². The molecule has 1 aromatic carbocycles. The molecule has 0 amide bonds. The Labute approximate surface area is 216 Å². The molecule has 0 saturated carbocycles. The first-order chi connectivity index (χ1) is 17.1. The van der Waals surface area contributed by atoms with E-state index in [2.05, 4.69) is 11.2 Å². The topological polar surface area (TPSA) is 72.9 Å². The van der Waals surface area contributed by atoms with Crippen molar-refractivity contribution in [2.24, 2.45) is 0 Å². The van der Waals surface area contributed by atoms with Crippen LogP contribution in [0.1, 0.15) is 106 Å². The van der Waals surface area contributed by atoms with Crippen LogP contribution in [0, 0.1) is 0 Å². The number of aldehydes is 1. The average molecular weight is 506 g/mol. The smallest absolute Gasteiger partial charge is 0.339 e. The summed E-state index contributed by atoms with van der Waals surface area (Å²) in [5.74, 6) is -0.942. The lowest BCUT2D eigenvalue weighted by Crippen LogP contribution is -2.26. The Bertz CT molecular complexity index is 726. The summed E-state index contributed by atoms with van der Waals surface area (Å²) in [6.45, 7) is 8.05. The third-order valence-corrected chi connectivity index (χ3v) is 6.48. The molecular weight excluding hydrogens is 462 g/mol.